The van der Waals surface area contributed by atoms with Crippen LogP contribution in [0.1, 0.15) is 99.8 Å². The lowest BCUT2D eigenvalue weighted by atomic mass is 9.33. The highest BCUT2D eigenvalue weighted by Crippen LogP contribution is 2.76. The number of carboxylic acid groups (broad SMARTS) is 1. The Kier molecular flexibility index (Phi) is 11.3. The minimum absolute atomic E-state index is 0.0536. The van der Waals surface area contributed by atoms with E-state index >= 15 is 0 Å². The van der Waals surface area contributed by atoms with Crippen molar-refractivity contribution in [1.82, 2.24) is 0 Å². The molecule has 6 fully saturated rings. The first-order valence-corrected chi connectivity index (χ1v) is 21.0. The van der Waals surface area contributed by atoms with E-state index in [9.17, 15) is 55.9 Å². The first kappa shape index (κ1) is 43.8. The predicted molar refractivity (Wildman–Crippen MR) is 201 cm³/mol. The molecule has 7 aliphatic rings. The molecule has 0 amide bonds. The van der Waals surface area contributed by atoms with E-state index in [1.165, 1.54) is 5.57 Å². The fourth-order valence-electron chi connectivity index (χ4n) is 13.7. The minimum atomic E-state index is -1.94. The number of hydrogen-bond donors (Lipinski definition) is 10. The molecule has 0 radical (unpaired) electrons. The van der Waals surface area contributed by atoms with Gasteiger partial charge in [-0.1, -0.05) is 60.1 Å². The smallest absolute Gasteiger partial charge is 0.335 e. The van der Waals surface area contributed by atoms with Crippen LogP contribution in [0, 0.1) is 50.2 Å². The molecule has 0 aromatic heterocycles. The molecule has 20 atom stereocenters. The Morgan fingerprint density at radius 3 is 2.05 bits per heavy atom. The quantitative estimate of drug-likeness (QED) is 0.126. The van der Waals surface area contributed by atoms with E-state index in [1.54, 1.807) is 0 Å². The third-order valence-corrected chi connectivity index (χ3v) is 17.5. The molecule has 0 aromatic carbocycles. The number of ether oxygens (including phenoxy) is 4. The number of carbonyl (C=O) groups is 1. The van der Waals surface area contributed by atoms with Crippen molar-refractivity contribution in [2.45, 2.75) is 180 Å². The van der Waals surface area contributed by atoms with Gasteiger partial charge in [-0.05, 0) is 96.2 Å². The maximum Gasteiger partial charge on any atom is 0.335 e. The standard InChI is InChI=1S/C42H68O15/c1-37(2)14-20-19-8-9-23-39(5)12-11-26(38(3,4)22(39)10-13-40(23,6)41(19,7)15-25(46)42(20,18-44)16-24(37)45)55-36-31(51)32(30(50)33(57-36)34(52)53)56-35-29(49)28(48)27(47)21(17-43)54-35/h8,20-33,35-36,43-51H,9-18H2,1-7H3,(H,52,53). The van der Waals surface area contributed by atoms with Crippen LogP contribution in [-0.4, -0.2) is 150 Å². The summed E-state index contributed by atoms with van der Waals surface area (Å²) in [7, 11) is 0. The maximum absolute atomic E-state index is 12.3. The first-order valence-electron chi connectivity index (χ1n) is 21.0. The van der Waals surface area contributed by atoms with Crippen LogP contribution in [0.4, 0.5) is 0 Å². The monoisotopic (exact) mass is 812 g/mol. The van der Waals surface area contributed by atoms with Crippen molar-refractivity contribution in [2.24, 2.45) is 50.2 Å². The molecule has 2 saturated heterocycles. The van der Waals surface area contributed by atoms with Crippen LogP contribution >= 0.6 is 0 Å². The van der Waals surface area contributed by atoms with Crippen molar-refractivity contribution in [1.29, 1.82) is 0 Å². The number of allylic oxidation sites excluding steroid dienone is 2. The van der Waals surface area contributed by atoms with Gasteiger partial charge in [0.2, 0.25) is 0 Å². The van der Waals surface area contributed by atoms with Gasteiger partial charge in [-0.15, -0.1) is 0 Å². The Morgan fingerprint density at radius 2 is 1.42 bits per heavy atom. The molecule has 326 valence electrons. The van der Waals surface area contributed by atoms with Crippen LogP contribution in [0.25, 0.3) is 0 Å². The second kappa shape index (κ2) is 14.7. The van der Waals surface area contributed by atoms with E-state index in [4.69, 9.17) is 18.9 Å². The van der Waals surface area contributed by atoms with Crippen LogP contribution in [-0.2, 0) is 23.7 Å². The molecule has 4 saturated carbocycles. The van der Waals surface area contributed by atoms with Gasteiger partial charge in [0.25, 0.3) is 0 Å². The Morgan fingerprint density at radius 1 is 0.754 bits per heavy atom. The summed E-state index contributed by atoms with van der Waals surface area (Å²) < 4.78 is 23.5. The zero-order valence-electron chi connectivity index (χ0n) is 34.4. The Balaban J connectivity index is 1.13. The summed E-state index contributed by atoms with van der Waals surface area (Å²) in [6.45, 7) is 14.6. The number of aliphatic carboxylic acids is 1. The van der Waals surface area contributed by atoms with Gasteiger partial charge in [0.15, 0.2) is 18.7 Å². The van der Waals surface area contributed by atoms with E-state index in [1.807, 2.05) is 0 Å². The molecule has 0 bridgehead atoms. The summed E-state index contributed by atoms with van der Waals surface area (Å²) in [5.74, 6) is -1.21. The van der Waals surface area contributed by atoms with Gasteiger partial charge >= 0.3 is 5.97 Å². The molecule has 57 heavy (non-hydrogen) atoms. The van der Waals surface area contributed by atoms with Crippen molar-refractivity contribution >= 4 is 5.97 Å². The minimum Gasteiger partial charge on any atom is -0.479 e. The summed E-state index contributed by atoms with van der Waals surface area (Å²) in [6.07, 6.45) is -11.4. The largest absolute Gasteiger partial charge is 0.479 e. The molecular weight excluding hydrogens is 744 g/mol. The summed E-state index contributed by atoms with van der Waals surface area (Å²) in [4.78, 5) is 12.3. The van der Waals surface area contributed by atoms with Gasteiger partial charge in [0.1, 0.15) is 42.7 Å². The van der Waals surface area contributed by atoms with Crippen LogP contribution in [0.15, 0.2) is 11.6 Å². The normalized spacial score (nSPS) is 54.4. The van der Waals surface area contributed by atoms with Crippen molar-refractivity contribution in [3.8, 4) is 0 Å². The molecular formula is C42H68O15. The van der Waals surface area contributed by atoms with Crippen molar-refractivity contribution in [2.75, 3.05) is 13.2 Å². The number of aliphatic hydroxyl groups excluding tert-OH is 9. The van der Waals surface area contributed by atoms with E-state index in [0.29, 0.717) is 25.7 Å². The molecule has 5 aliphatic carbocycles. The summed E-state index contributed by atoms with van der Waals surface area (Å²) in [5.41, 5.74) is -1.04. The van der Waals surface area contributed by atoms with Gasteiger partial charge in [0.05, 0.1) is 31.5 Å². The third kappa shape index (κ3) is 6.35. The van der Waals surface area contributed by atoms with Crippen LogP contribution in [0.3, 0.4) is 0 Å². The molecule has 2 aliphatic heterocycles. The highest BCUT2D eigenvalue weighted by molar-refractivity contribution is 5.73. The topological polar surface area (TPSA) is 256 Å². The fraction of sp³-hybridized carbons (Fsp3) is 0.929. The number of aliphatic hydroxyl groups is 9. The first-order chi connectivity index (χ1) is 26.4. The molecule has 20 unspecified atom stereocenters. The molecule has 15 nitrogen and oxygen atoms in total. The molecule has 10 N–H and O–H groups in total. The second-order valence-electron chi connectivity index (χ2n) is 20.9. The van der Waals surface area contributed by atoms with E-state index < -0.39 is 103 Å². The summed E-state index contributed by atoms with van der Waals surface area (Å²) >= 11 is 0. The number of fused-ring (bicyclic) bond motifs is 7. The van der Waals surface area contributed by atoms with Gasteiger partial charge < -0.3 is 70.0 Å². The number of rotatable bonds is 7. The Bertz CT molecular complexity index is 1550. The zero-order valence-corrected chi connectivity index (χ0v) is 34.4. The SMILES string of the molecule is CC1(C)CC2C3=CCC4C5(C)CCC(OC6OC(C(=O)O)C(O)C(OC7OC(CO)C(O)C(O)C7O)C6O)C(C)(C)C5CCC4(C)C3(C)CC(O)C2(CO)CC1O. The molecule has 0 spiro atoms. The highest BCUT2D eigenvalue weighted by atomic mass is 16.7. The lowest BCUT2D eigenvalue weighted by molar-refractivity contribution is -0.365. The predicted octanol–water partition coefficient (Wildman–Crippen LogP) is 0.824. The highest BCUT2D eigenvalue weighted by Gasteiger charge is 2.71. The molecule has 2 heterocycles. The summed E-state index contributed by atoms with van der Waals surface area (Å²) in [5, 5.41) is 107. The van der Waals surface area contributed by atoms with Crippen molar-refractivity contribution in [3.63, 3.8) is 0 Å². The number of carboxylic acids is 1. The molecule has 0 aromatic rings. The molecule has 7 rings (SSSR count). The van der Waals surface area contributed by atoms with Crippen LogP contribution < -0.4 is 0 Å². The second-order valence-corrected chi connectivity index (χ2v) is 20.9. The van der Waals surface area contributed by atoms with Crippen molar-refractivity contribution in [3.05, 3.63) is 11.6 Å². The van der Waals surface area contributed by atoms with Crippen LogP contribution in [0.2, 0.25) is 0 Å². The van der Waals surface area contributed by atoms with Gasteiger partial charge in [-0.25, -0.2) is 4.79 Å². The number of hydrogen-bond acceptors (Lipinski definition) is 14. The zero-order chi connectivity index (χ0) is 42.0. The fourth-order valence-corrected chi connectivity index (χ4v) is 13.7. The van der Waals surface area contributed by atoms with E-state index in [2.05, 4.69) is 54.5 Å². The third-order valence-electron chi connectivity index (χ3n) is 17.5. The molecule has 15 heteroatoms. The van der Waals surface area contributed by atoms with Gasteiger partial charge in [-0.3, -0.25) is 0 Å². The average Bonchev–Trinajstić information content (AvgIpc) is 3.13. The Labute approximate surface area is 335 Å². The van der Waals surface area contributed by atoms with E-state index in [0.717, 1.165) is 25.7 Å². The Hall–Kier alpha value is -1.31. The maximum atomic E-state index is 12.3. The average molecular weight is 813 g/mol. The lowest BCUT2D eigenvalue weighted by Gasteiger charge is -2.72. The van der Waals surface area contributed by atoms with Crippen LogP contribution in [0.5, 0.6) is 0 Å². The van der Waals surface area contributed by atoms with E-state index in [-0.39, 0.29) is 46.0 Å². The van der Waals surface area contributed by atoms with Crippen molar-refractivity contribution < 1.29 is 74.8 Å². The summed E-state index contributed by atoms with van der Waals surface area (Å²) in [6, 6.07) is 0. The van der Waals surface area contributed by atoms with Gasteiger partial charge in [-0.2, -0.15) is 0 Å². The lowest BCUT2D eigenvalue weighted by Crippen LogP contribution is -2.68. The van der Waals surface area contributed by atoms with Gasteiger partial charge in [0, 0.05) is 5.41 Å².